The first kappa shape index (κ1) is 14.1. The van der Waals surface area contributed by atoms with E-state index in [2.05, 4.69) is 15.9 Å². The van der Waals surface area contributed by atoms with Crippen LogP contribution in [0.2, 0.25) is 0 Å². The zero-order valence-electron chi connectivity index (χ0n) is 11.7. The summed E-state index contributed by atoms with van der Waals surface area (Å²) in [5.41, 5.74) is 8.70. The minimum atomic E-state index is 0.392. The average molecular weight is 350 g/mol. The van der Waals surface area contributed by atoms with Crippen molar-refractivity contribution in [1.29, 1.82) is 0 Å². The number of benzene rings is 2. The molecule has 0 fully saturated rings. The predicted molar refractivity (Wildman–Crippen MR) is 85.1 cm³/mol. The Balaban J connectivity index is 1.77. The van der Waals surface area contributed by atoms with Crippen LogP contribution < -0.4 is 19.9 Å². The summed E-state index contributed by atoms with van der Waals surface area (Å²) in [6.45, 7) is 3.53. The van der Waals surface area contributed by atoms with E-state index in [1.54, 1.807) is 6.07 Å². The molecule has 0 atom stereocenters. The Morgan fingerprint density at radius 3 is 2.57 bits per heavy atom. The minimum Gasteiger partial charge on any atom is -0.489 e. The highest BCUT2D eigenvalue weighted by atomic mass is 79.9. The molecule has 1 aliphatic heterocycles. The van der Waals surface area contributed by atoms with E-state index in [1.807, 2.05) is 31.2 Å². The zero-order chi connectivity index (χ0) is 14.8. The summed E-state index contributed by atoms with van der Waals surface area (Å²) in [6, 6.07) is 9.55. The average Bonchev–Trinajstić information content (AvgIpc) is 2.48. The minimum absolute atomic E-state index is 0.392. The van der Waals surface area contributed by atoms with Gasteiger partial charge >= 0.3 is 0 Å². The van der Waals surface area contributed by atoms with Crippen LogP contribution in [0.3, 0.4) is 0 Å². The van der Waals surface area contributed by atoms with Crippen LogP contribution in [0.4, 0.5) is 5.69 Å². The molecular formula is C16H16BrNO3. The van der Waals surface area contributed by atoms with Crippen molar-refractivity contribution in [3.05, 3.63) is 45.9 Å². The van der Waals surface area contributed by atoms with E-state index in [4.69, 9.17) is 19.9 Å². The summed E-state index contributed by atoms with van der Waals surface area (Å²) in [5.74, 6) is 2.23. The Kier molecular flexibility index (Phi) is 3.92. The first-order chi connectivity index (χ1) is 10.1. The summed E-state index contributed by atoms with van der Waals surface area (Å²) in [4.78, 5) is 0. The first-order valence-electron chi connectivity index (χ1n) is 6.70. The lowest BCUT2D eigenvalue weighted by molar-refractivity contribution is 0.171. The fourth-order valence-corrected chi connectivity index (χ4v) is 2.39. The van der Waals surface area contributed by atoms with Gasteiger partial charge in [0.05, 0.1) is 0 Å². The molecule has 1 aliphatic rings. The third-order valence-electron chi connectivity index (χ3n) is 3.33. The van der Waals surface area contributed by atoms with Gasteiger partial charge in [-0.05, 0) is 36.8 Å². The molecule has 2 N–H and O–H groups in total. The molecule has 0 aromatic heterocycles. The Morgan fingerprint density at radius 1 is 1.14 bits per heavy atom. The van der Waals surface area contributed by atoms with Crippen molar-refractivity contribution in [2.75, 3.05) is 18.9 Å². The molecule has 0 saturated heterocycles. The number of aryl methyl sites for hydroxylation is 1. The fraction of sp³-hybridized carbons (Fsp3) is 0.250. The predicted octanol–water partition coefficient (Wildman–Crippen LogP) is 3.69. The summed E-state index contributed by atoms with van der Waals surface area (Å²) in [6.07, 6.45) is 0. The highest BCUT2D eigenvalue weighted by molar-refractivity contribution is 9.10. The second kappa shape index (κ2) is 5.85. The van der Waals surface area contributed by atoms with Gasteiger partial charge in [-0.1, -0.05) is 15.9 Å². The molecule has 2 aromatic carbocycles. The summed E-state index contributed by atoms with van der Waals surface area (Å²) in [7, 11) is 0. The molecule has 4 nitrogen and oxygen atoms in total. The van der Waals surface area contributed by atoms with Crippen LogP contribution in [0.5, 0.6) is 17.2 Å². The Hall–Kier alpha value is -1.88. The van der Waals surface area contributed by atoms with Gasteiger partial charge in [-0.15, -0.1) is 0 Å². The maximum absolute atomic E-state index is 6.04. The molecule has 5 heteroatoms. The molecule has 3 rings (SSSR count). The van der Waals surface area contributed by atoms with Gasteiger partial charge in [-0.2, -0.15) is 0 Å². The Labute approximate surface area is 131 Å². The van der Waals surface area contributed by atoms with E-state index in [0.29, 0.717) is 31.3 Å². The maximum atomic E-state index is 6.04. The largest absolute Gasteiger partial charge is 0.489 e. The zero-order valence-corrected chi connectivity index (χ0v) is 13.3. The molecule has 0 unspecified atom stereocenters. The van der Waals surface area contributed by atoms with Crippen molar-refractivity contribution >= 4 is 21.6 Å². The van der Waals surface area contributed by atoms with Gasteiger partial charge in [0.1, 0.15) is 25.6 Å². The van der Waals surface area contributed by atoms with Crippen molar-refractivity contribution in [3.63, 3.8) is 0 Å². The van der Waals surface area contributed by atoms with E-state index in [1.165, 1.54) is 0 Å². The molecule has 110 valence electrons. The molecule has 0 saturated carbocycles. The summed E-state index contributed by atoms with van der Waals surface area (Å²) < 4.78 is 17.9. The van der Waals surface area contributed by atoms with Crippen LogP contribution >= 0.6 is 15.9 Å². The van der Waals surface area contributed by atoms with Crippen LogP contribution in [-0.4, -0.2) is 13.2 Å². The number of anilines is 1. The normalized spacial score (nSPS) is 13.0. The molecule has 21 heavy (non-hydrogen) atoms. The van der Waals surface area contributed by atoms with Gasteiger partial charge in [-0.3, -0.25) is 0 Å². The van der Waals surface area contributed by atoms with Crippen LogP contribution in [0.15, 0.2) is 34.8 Å². The number of halogens is 1. The number of fused-ring (bicyclic) bond motifs is 1. The van der Waals surface area contributed by atoms with E-state index in [0.717, 1.165) is 27.1 Å². The summed E-state index contributed by atoms with van der Waals surface area (Å²) in [5, 5.41) is 0. The standard InChI is InChI=1S/C16H16BrNO3/c1-10-6-12(2-3-13(10)17)21-9-11-7-15-16(8-14(11)18)20-5-4-19-15/h2-3,6-8H,4-5,9,18H2,1H3. The highest BCUT2D eigenvalue weighted by Gasteiger charge is 2.15. The van der Waals surface area contributed by atoms with Crippen LogP contribution in [0, 0.1) is 6.92 Å². The molecule has 1 heterocycles. The van der Waals surface area contributed by atoms with E-state index >= 15 is 0 Å². The van der Waals surface area contributed by atoms with Crippen molar-refractivity contribution in [2.45, 2.75) is 13.5 Å². The van der Waals surface area contributed by atoms with Crippen LogP contribution in [-0.2, 0) is 6.61 Å². The highest BCUT2D eigenvalue weighted by Crippen LogP contribution is 2.35. The lowest BCUT2D eigenvalue weighted by atomic mass is 10.1. The van der Waals surface area contributed by atoms with Crippen molar-refractivity contribution in [1.82, 2.24) is 0 Å². The second-order valence-electron chi connectivity index (χ2n) is 4.89. The van der Waals surface area contributed by atoms with E-state index in [9.17, 15) is 0 Å². The second-order valence-corrected chi connectivity index (χ2v) is 5.75. The molecule has 0 spiro atoms. The lowest BCUT2D eigenvalue weighted by Crippen LogP contribution is -2.16. The number of hydrogen-bond acceptors (Lipinski definition) is 4. The monoisotopic (exact) mass is 349 g/mol. The van der Waals surface area contributed by atoms with Gasteiger partial charge in [0, 0.05) is 21.8 Å². The maximum Gasteiger partial charge on any atom is 0.163 e. The Bertz CT molecular complexity index is 673. The third kappa shape index (κ3) is 3.08. The fourth-order valence-electron chi connectivity index (χ4n) is 2.14. The van der Waals surface area contributed by atoms with Crippen molar-refractivity contribution in [3.8, 4) is 17.2 Å². The molecule has 0 radical (unpaired) electrons. The van der Waals surface area contributed by atoms with Crippen molar-refractivity contribution in [2.24, 2.45) is 0 Å². The van der Waals surface area contributed by atoms with Crippen LogP contribution in [0.1, 0.15) is 11.1 Å². The number of ether oxygens (including phenoxy) is 3. The molecule has 0 bridgehead atoms. The SMILES string of the molecule is Cc1cc(OCc2cc3c(cc2N)OCCO3)ccc1Br. The van der Waals surface area contributed by atoms with Gasteiger partial charge < -0.3 is 19.9 Å². The van der Waals surface area contributed by atoms with Gasteiger partial charge in [0.15, 0.2) is 11.5 Å². The topological polar surface area (TPSA) is 53.7 Å². The number of rotatable bonds is 3. The van der Waals surface area contributed by atoms with Crippen LogP contribution in [0.25, 0.3) is 0 Å². The van der Waals surface area contributed by atoms with E-state index in [-0.39, 0.29) is 0 Å². The summed E-state index contributed by atoms with van der Waals surface area (Å²) >= 11 is 3.47. The van der Waals surface area contributed by atoms with Gasteiger partial charge in [0.2, 0.25) is 0 Å². The molecule has 0 amide bonds. The molecule has 0 aliphatic carbocycles. The number of nitrogen functional groups attached to an aromatic ring is 1. The van der Waals surface area contributed by atoms with Gasteiger partial charge in [-0.25, -0.2) is 0 Å². The molecular weight excluding hydrogens is 334 g/mol. The lowest BCUT2D eigenvalue weighted by Gasteiger charge is -2.20. The molecule has 2 aromatic rings. The number of hydrogen-bond donors (Lipinski definition) is 1. The Morgan fingerprint density at radius 2 is 1.86 bits per heavy atom. The number of nitrogens with two attached hydrogens (primary N) is 1. The quantitative estimate of drug-likeness (QED) is 0.858. The third-order valence-corrected chi connectivity index (χ3v) is 4.22. The smallest absolute Gasteiger partial charge is 0.163 e. The first-order valence-corrected chi connectivity index (χ1v) is 7.50. The van der Waals surface area contributed by atoms with Crippen molar-refractivity contribution < 1.29 is 14.2 Å². The van der Waals surface area contributed by atoms with E-state index < -0.39 is 0 Å². The van der Waals surface area contributed by atoms with Gasteiger partial charge in [0.25, 0.3) is 0 Å².